The standard InChI is InChI=1S/C8H16N/c1-2-9-7-5-3-4-6-8-9/h5H,2-4,6-8H2,1H3. The van der Waals surface area contributed by atoms with Gasteiger partial charge in [-0.3, -0.25) is 0 Å². The molecule has 1 nitrogen and oxygen atoms in total. The van der Waals surface area contributed by atoms with Gasteiger partial charge in [0.1, 0.15) is 0 Å². The highest BCUT2D eigenvalue weighted by Gasteiger charge is 2.04. The lowest BCUT2D eigenvalue weighted by atomic mass is 10.2. The molecule has 0 aromatic carbocycles. The van der Waals surface area contributed by atoms with E-state index in [0.29, 0.717) is 0 Å². The molecule has 0 unspecified atom stereocenters. The van der Waals surface area contributed by atoms with Gasteiger partial charge in [-0.2, -0.15) is 0 Å². The zero-order chi connectivity index (χ0) is 6.53. The third-order valence-corrected chi connectivity index (χ3v) is 1.97. The fourth-order valence-electron chi connectivity index (χ4n) is 1.28. The van der Waals surface area contributed by atoms with Crippen LogP contribution < -0.4 is 0 Å². The van der Waals surface area contributed by atoms with E-state index < -0.39 is 0 Å². The summed E-state index contributed by atoms with van der Waals surface area (Å²) in [4.78, 5) is 2.49. The predicted molar refractivity (Wildman–Crippen MR) is 40.3 cm³/mol. The molecule has 1 aliphatic rings. The van der Waals surface area contributed by atoms with Crippen molar-refractivity contribution in [3.63, 3.8) is 0 Å². The fourth-order valence-corrected chi connectivity index (χ4v) is 1.28. The van der Waals surface area contributed by atoms with Crippen LogP contribution in [0.1, 0.15) is 26.2 Å². The molecule has 0 aliphatic carbocycles. The summed E-state index contributed by atoms with van der Waals surface area (Å²) >= 11 is 0. The van der Waals surface area contributed by atoms with Gasteiger partial charge in [-0.15, -0.1) is 0 Å². The normalized spacial score (nSPS) is 23.7. The second-order valence-electron chi connectivity index (χ2n) is 2.68. The van der Waals surface area contributed by atoms with Crippen LogP contribution in [0.5, 0.6) is 0 Å². The first-order valence-corrected chi connectivity index (χ1v) is 3.97. The molecule has 0 amide bonds. The molecule has 1 heteroatoms. The molecule has 0 N–H and O–H groups in total. The van der Waals surface area contributed by atoms with Gasteiger partial charge in [0.25, 0.3) is 0 Å². The summed E-state index contributed by atoms with van der Waals surface area (Å²) < 4.78 is 0. The van der Waals surface area contributed by atoms with Crippen LogP contribution in [0, 0.1) is 6.42 Å². The Kier molecular flexibility index (Phi) is 3.05. The first-order valence-electron chi connectivity index (χ1n) is 3.97. The van der Waals surface area contributed by atoms with Crippen molar-refractivity contribution >= 4 is 0 Å². The molecule has 0 aromatic rings. The maximum Gasteiger partial charge on any atom is 0.00127 e. The number of nitrogens with zero attached hydrogens (tertiary/aromatic N) is 1. The average molecular weight is 126 g/mol. The van der Waals surface area contributed by atoms with Gasteiger partial charge in [-0.05, 0) is 32.4 Å². The topological polar surface area (TPSA) is 3.24 Å². The summed E-state index contributed by atoms with van der Waals surface area (Å²) in [5, 5.41) is 0. The monoisotopic (exact) mass is 126 g/mol. The quantitative estimate of drug-likeness (QED) is 0.517. The highest BCUT2D eigenvalue weighted by molar-refractivity contribution is 4.74. The smallest absolute Gasteiger partial charge is 0.00127 e. The van der Waals surface area contributed by atoms with Crippen LogP contribution in [0.15, 0.2) is 0 Å². The number of likely N-dealkylation sites (tertiary alicyclic amines) is 1. The second-order valence-corrected chi connectivity index (χ2v) is 2.68. The predicted octanol–water partition coefficient (Wildman–Crippen LogP) is 1.70. The summed E-state index contributed by atoms with van der Waals surface area (Å²) in [7, 11) is 0. The molecular weight excluding hydrogens is 110 g/mol. The highest BCUT2D eigenvalue weighted by atomic mass is 15.1. The van der Waals surface area contributed by atoms with Crippen molar-refractivity contribution < 1.29 is 0 Å². The molecule has 1 fully saturated rings. The van der Waals surface area contributed by atoms with E-state index >= 15 is 0 Å². The van der Waals surface area contributed by atoms with Crippen LogP contribution in [0.3, 0.4) is 0 Å². The third-order valence-electron chi connectivity index (χ3n) is 1.97. The zero-order valence-electron chi connectivity index (χ0n) is 6.27. The second kappa shape index (κ2) is 3.89. The summed E-state index contributed by atoms with van der Waals surface area (Å²) in [5.74, 6) is 0. The van der Waals surface area contributed by atoms with Crippen molar-refractivity contribution in [1.29, 1.82) is 0 Å². The van der Waals surface area contributed by atoms with Crippen LogP contribution in [-0.4, -0.2) is 24.5 Å². The summed E-state index contributed by atoms with van der Waals surface area (Å²) in [6.07, 6.45) is 6.52. The molecule has 1 heterocycles. The van der Waals surface area contributed by atoms with Crippen molar-refractivity contribution in [2.75, 3.05) is 19.6 Å². The minimum absolute atomic E-state index is 1.22. The molecule has 1 rings (SSSR count). The Labute approximate surface area is 58.0 Å². The Balaban J connectivity index is 2.18. The van der Waals surface area contributed by atoms with E-state index in [2.05, 4.69) is 18.2 Å². The van der Waals surface area contributed by atoms with E-state index in [1.165, 1.54) is 38.9 Å². The SMILES string of the molecule is CCN1C[CH]CCCC1. The van der Waals surface area contributed by atoms with Gasteiger partial charge in [-0.1, -0.05) is 13.3 Å². The molecular formula is C8H16N. The molecule has 9 heavy (non-hydrogen) atoms. The Morgan fingerprint density at radius 1 is 1.44 bits per heavy atom. The van der Waals surface area contributed by atoms with Gasteiger partial charge < -0.3 is 4.90 Å². The van der Waals surface area contributed by atoms with E-state index in [1.54, 1.807) is 0 Å². The van der Waals surface area contributed by atoms with Crippen molar-refractivity contribution in [3.8, 4) is 0 Å². The third kappa shape index (κ3) is 2.35. The van der Waals surface area contributed by atoms with Gasteiger partial charge in [0.15, 0.2) is 0 Å². The maximum atomic E-state index is 2.49. The van der Waals surface area contributed by atoms with Crippen molar-refractivity contribution in [3.05, 3.63) is 6.42 Å². The first-order chi connectivity index (χ1) is 4.43. The van der Waals surface area contributed by atoms with Crippen LogP contribution in [0.4, 0.5) is 0 Å². The van der Waals surface area contributed by atoms with E-state index in [-0.39, 0.29) is 0 Å². The first kappa shape index (κ1) is 7.07. The van der Waals surface area contributed by atoms with E-state index in [0.717, 1.165) is 0 Å². The lowest BCUT2D eigenvalue weighted by Crippen LogP contribution is -2.23. The lowest BCUT2D eigenvalue weighted by Gasteiger charge is -2.15. The Hall–Kier alpha value is -0.0400. The van der Waals surface area contributed by atoms with Crippen molar-refractivity contribution in [2.45, 2.75) is 26.2 Å². The van der Waals surface area contributed by atoms with Gasteiger partial charge in [0.2, 0.25) is 0 Å². The van der Waals surface area contributed by atoms with E-state index in [4.69, 9.17) is 0 Å². The Morgan fingerprint density at radius 3 is 3.11 bits per heavy atom. The number of hydrogen-bond donors (Lipinski definition) is 0. The fraction of sp³-hybridized carbons (Fsp3) is 0.875. The molecule has 1 saturated heterocycles. The summed E-state index contributed by atoms with van der Waals surface area (Å²) in [5.41, 5.74) is 0. The lowest BCUT2D eigenvalue weighted by molar-refractivity contribution is 0.318. The highest BCUT2D eigenvalue weighted by Crippen LogP contribution is 2.07. The maximum absolute atomic E-state index is 2.49. The molecule has 53 valence electrons. The number of hydrogen-bond acceptors (Lipinski definition) is 1. The van der Waals surface area contributed by atoms with Crippen LogP contribution in [0.2, 0.25) is 0 Å². The summed E-state index contributed by atoms with van der Waals surface area (Å²) in [6.45, 7) is 5.99. The minimum Gasteiger partial charge on any atom is -0.303 e. The molecule has 0 bridgehead atoms. The Bertz CT molecular complexity index is 63.0. The Morgan fingerprint density at radius 2 is 2.33 bits per heavy atom. The minimum atomic E-state index is 1.22. The van der Waals surface area contributed by atoms with Crippen molar-refractivity contribution in [1.82, 2.24) is 4.90 Å². The van der Waals surface area contributed by atoms with E-state index in [1.807, 2.05) is 0 Å². The molecule has 1 aliphatic heterocycles. The van der Waals surface area contributed by atoms with Crippen molar-refractivity contribution in [2.24, 2.45) is 0 Å². The van der Waals surface area contributed by atoms with Gasteiger partial charge in [0.05, 0.1) is 0 Å². The van der Waals surface area contributed by atoms with Gasteiger partial charge in [0, 0.05) is 6.54 Å². The average Bonchev–Trinajstić information content (AvgIpc) is 2.13. The van der Waals surface area contributed by atoms with Gasteiger partial charge >= 0.3 is 0 Å². The van der Waals surface area contributed by atoms with E-state index in [9.17, 15) is 0 Å². The zero-order valence-corrected chi connectivity index (χ0v) is 6.27. The van der Waals surface area contributed by atoms with Crippen LogP contribution in [0.25, 0.3) is 0 Å². The summed E-state index contributed by atoms with van der Waals surface area (Å²) in [6, 6.07) is 0. The molecule has 0 saturated carbocycles. The molecule has 0 aromatic heterocycles. The van der Waals surface area contributed by atoms with Crippen LogP contribution >= 0.6 is 0 Å². The molecule has 0 atom stereocenters. The van der Waals surface area contributed by atoms with Gasteiger partial charge in [-0.25, -0.2) is 0 Å². The number of rotatable bonds is 1. The molecule has 1 radical (unpaired) electrons. The van der Waals surface area contributed by atoms with Crippen LogP contribution in [-0.2, 0) is 0 Å². The molecule has 0 spiro atoms. The largest absolute Gasteiger partial charge is 0.303 e.